The standard InChI is InChI=1S/C18H15N3O5/c1-11-7-9-13(10-8-11)17-20-19-16(26-17)12(2)25-18(22)14-5-3-4-6-15(14)21(23)24/h3-10,12H,1-2H3. The van der Waals surface area contributed by atoms with Gasteiger partial charge in [0.25, 0.3) is 11.6 Å². The second-order valence-corrected chi connectivity index (χ2v) is 5.63. The quantitative estimate of drug-likeness (QED) is 0.389. The molecule has 8 heteroatoms. The van der Waals surface area contributed by atoms with Crippen molar-refractivity contribution in [3.8, 4) is 11.5 Å². The number of benzene rings is 2. The number of ether oxygens (including phenoxy) is 1. The van der Waals surface area contributed by atoms with E-state index >= 15 is 0 Å². The molecule has 0 radical (unpaired) electrons. The lowest BCUT2D eigenvalue weighted by molar-refractivity contribution is -0.385. The first-order valence-electron chi connectivity index (χ1n) is 7.80. The van der Waals surface area contributed by atoms with E-state index in [-0.39, 0.29) is 17.1 Å². The van der Waals surface area contributed by atoms with Gasteiger partial charge in [0, 0.05) is 11.6 Å². The van der Waals surface area contributed by atoms with Crippen LogP contribution >= 0.6 is 0 Å². The van der Waals surface area contributed by atoms with E-state index in [1.807, 2.05) is 31.2 Å². The van der Waals surface area contributed by atoms with Gasteiger partial charge in [0.1, 0.15) is 5.56 Å². The Morgan fingerprint density at radius 3 is 2.54 bits per heavy atom. The van der Waals surface area contributed by atoms with E-state index in [2.05, 4.69) is 10.2 Å². The topological polar surface area (TPSA) is 108 Å². The fourth-order valence-corrected chi connectivity index (χ4v) is 2.29. The summed E-state index contributed by atoms with van der Waals surface area (Å²) in [5.74, 6) is -0.430. The van der Waals surface area contributed by atoms with Crippen LogP contribution < -0.4 is 0 Å². The molecule has 1 atom stereocenters. The lowest BCUT2D eigenvalue weighted by Gasteiger charge is -2.09. The van der Waals surface area contributed by atoms with Crippen molar-refractivity contribution in [1.82, 2.24) is 10.2 Å². The van der Waals surface area contributed by atoms with E-state index in [0.29, 0.717) is 5.89 Å². The second-order valence-electron chi connectivity index (χ2n) is 5.63. The van der Waals surface area contributed by atoms with Gasteiger partial charge in [0.2, 0.25) is 5.89 Å². The highest BCUT2D eigenvalue weighted by Crippen LogP contribution is 2.25. The summed E-state index contributed by atoms with van der Waals surface area (Å²) in [4.78, 5) is 22.6. The molecule has 0 amide bonds. The molecule has 1 aromatic heterocycles. The van der Waals surface area contributed by atoms with Crippen molar-refractivity contribution in [1.29, 1.82) is 0 Å². The van der Waals surface area contributed by atoms with Gasteiger partial charge in [0.15, 0.2) is 6.10 Å². The van der Waals surface area contributed by atoms with Crippen molar-refractivity contribution in [3.05, 3.63) is 75.7 Å². The molecular weight excluding hydrogens is 338 g/mol. The van der Waals surface area contributed by atoms with Crippen LogP contribution in [-0.4, -0.2) is 21.1 Å². The lowest BCUT2D eigenvalue weighted by Crippen LogP contribution is -2.11. The summed E-state index contributed by atoms with van der Waals surface area (Å²) in [7, 11) is 0. The zero-order valence-corrected chi connectivity index (χ0v) is 14.1. The number of aromatic nitrogens is 2. The average molecular weight is 353 g/mol. The maximum Gasteiger partial charge on any atom is 0.345 e. The third kappa shape index (κ3) is 3.59. The number of nitrogens with zero attached hydrogens (tertiary/aromatic N) is 3. The van der Waals surface area contributed by atoms with Gasteiger partial charge in [-0.1, -0.05) is 29.8 Å². The first-order chi connectivity index (χ1) is 12.5. The molecule has 0 aliphatic rings. The molecule has 8 nitrogen and oxygen atoms in total. The van der Waals surface area contributed by atoms with Crippen LogP contribution in [0.1, 0.15) is 34.8 Å². The van der Waals surface area contributed by atoms with Crippen molar-refractivity contribution < 1.29 is 18.9 Å². The van der Waals surface area contributed by atoms with Crippen LogP contribution in [0.25, 0.3) is 11.5 Å². The molecule has 0 bridgehead atoms. The molecule has 1 heterocycles. The first kappa shape index (κ1) is 17.3. The minimum Gasteiger partial charge on any atom is -0.449 e. The lowest BCUT2D eigenvalue weighted by atomic mass is 10.1. The van der Waals surface area contributed by atoms with Crippen LogP contribution in [0.5, 0.6) is 0 Å². The summed E-state index contributed by atoms with van der Waals surface area (Å²) in [5.41, 5.74) is 1.38. The molecule has 0 spiro atoms. The fraction of sp³-hybridized carbons (Fsp3) is 0.167. The van der Waals surface area contributed by atoms with E-state index < -0.39 is 17.0 Å². The van der Waals surface area contributed by atoms with E-state index in [0.717, 1.165) is 11.1 Å². The normalized spacial score (nSPS) is 11.8. The Morgan fingerprint density at radius 1 is 1.15 bits per heavy atom. The van der Waals surface area contributed by atoms with Crippen LogP contribution in [-0.2, 0) is 4.74 Å². The molecule has 0 saturated heterocycles. The highest BCUT2D eigenvalue weighted by atomic mass is 16.6. The number of nitro benzene ring substituents is 1. The molecule has 0 fully saturated rings. The predicted octanol–water partition coefficient (Wildman–Crippen LogP) is 3.87. The maximum absolute atomic E-state index is 12.3. The summed E-state index contributed by atoms with van der Waals surface area (Å²) in [6.45, 7) is 3.52. The molecular formula is C18H15N3O5. The molecule has 3 aromatic rings. The smallest absolute Gasteiger partial charge is 0.345 e. The maximum atomic E-state index is 12.3. The van der Waals surface area contributed by atoms with Crippen molar-refractivity contribution in [2.45, 2.75) is 20.0 Å². The highest BCUT2D eigenvalue weighted by Gasteiger charge is 2.25. The van der Waals surface area contributed by atoms with Gasteiger partial charge in [0.05, 0.1) is 4.92 Å². The number of esters is 1. The average Bonchev–Trinajstić information content (AvgIpc) is 3.12. The van der Waals surface area contributed by atoms with E-state index in [4.69, 9.17) is 9.15 Å². The number of rotatable bonds is 5. The zero-order chi connectivity index (χ0) is 18.7. The Kier molecular flexibility index (Phi) is 4.74. The van der Waals surface area contributed by atoms with Crippen LogP contribution in [0.4, 0.5) is 5.69 Å². The van der Waals surface area contributed by atoms with E-state index in [1.54, 1.807) is 6.92 Å². The monoisotopic (exact) mass is 353 g/mol. The molecule has 0 N–H and O–H groups in total. The number of carbonyl (C=O) groups excluding carboxylic acids is 1. The van der Waals surface area contributed by atoms with Crippen molar-refractivity contribution in [2.24, 2.45) is 0 Å². The molecule has 0 aliphatic heterocycles. The van der Waals surface area contributed by atoms with Gasteiger partial charge in [-0.05, 0) is 32.0 Å². The molecule has 0 aliphatic carbocycles. The summed E-state index contributed by atoms with van der Waals surface area (Å²) in [6, 6.07) is 13.1. The number of nitro groups is 1. The van der Waals surface area contributed by atoms with Gasteiger partial charge in [-0.15, -0.1) is 10.2 Å². The second kappa shape index (κ2) is 7.14. The number of hydrogen-bond donors (Lipinski definition) is 0. The Hall–Kier alpha value is -3.55. The number of para-hydroxylation sites is 1. The molecule has 2 aromatic carbocycles. The van der Waals surface area contributed by atoms with Crippen LogP contribution in [0.3, 0.4) is 0 Å². The predicted molar refractivity (Wildman–Crippen MR) is 91.4 cm³/mol. The minimum atomic E-state index is -0.853. The van der Waals surface area contributed by atoms with Crippen molar-refractivity contribution in [3.63, 3.8) is 0 Å². The molecule has 0 saturated carbocycles. The number of carbonyl (C=O) groups is 1. The summed E-state index contributed by atoms with van der Waals surface area (Å²) in [6.07, 6.45) is -0.853. The Labute approximate surface area is 148 Å². The molecule has 3 rings (SSSR count). The molecule has 26 heavy (non-hydrogen) atoms. The fourth-order valence-electron chi connectivity index (χ4n) is 2.29. The minimum absolute atomic E-state index is 0.104. The van der Waals surface area contributed by atoms with E-state index in [1.165, 1.54) is 24.3 Å². The Balaban J connectivity index is 1.76. The number of aryl methyl sites for hydroxylation is 1. The third-order valence-electron chi connectivity index (χ3n) is 3.69. The Morgan fingerprint density at radius 2 is 1.85 bits per heavy atom. The van der Waals surface area contributed by atoms with Crippen molar-refractivity contribution >= 4 is 11.7 Å². The van der Waals surface area contributed by atoms with Crippen LogP contribution in [0.15, 0.2) is 52.9 Å². The van der Waals surface area contributed by atoms with Gasteiger partial charge in [-0.2, -0.15) is 0 Å². The summed E-state index contributed by atoms with van der Waals surface area (Å²) >= 11 is 0. The number of hydrogen-bond acceptors (Lipinski definition) is 7. The Bertz CT molecular complexity index is 949. The first-order valence-corrected chi connectivity index (χ1v) is 7.80. The van der Waals surface area contributed by atoms with Gasteiger partial charge >= 0.3 is 5.97 Å². The van der Waals surface area contributed by atoms with Crippen molar-refractivity contribution in [2.75, 3.05) is 0 Å². The van der Waals surface area contributed by atoms with Crippen LogP contribution in [0, 0.1) is 17.0 Å². The SMILES string of the molecule is Cc1ccc(-c2nnc(C(C)OC(=O)c3ccccc3[N+](=O)[O-])o2)cc1. The van der Waals surface area contributed by atoms with Gasteiger partial charge < -0.3 is 9.15 Å². The van der Waals surface area contributed by atoms with Crippen LogP contribution in [0.2, 0.25) is 0 Å². The summed E-state index contributed by atoms with van der Waals surface area (Å²) < 4.78 is 10.8. The van der Waals surface area contributed by atoms with Gasteiger partial charge in [-0.3, -0.25) is 10.1 Å². The zero-order valence-electron chi connectivity index (χ0n) is 14.1. The van der Waals surface area contributed by atoms with Gasteiger partial charge in [-0.25, -0.2) is 4.79 Å². The third-order valence-corrected chi connectivity index (χ3v) is 3.69. The highest BCUT2D eigenvalue weighted by molar-refractivity contribution is 5.93. The summed E-state index contributed by atoms with van der Waals surface area (Å²) in [5, 5.41) is 18.9. The molecule has 132 valence electrons. The largest absolute Gasteiger partial charge is 0.449 e. The van der Waals surface area contributed by atoms with E-state index in [9.17, 15) is 14.9 Å². The molecule has 1 unspecified atom stereocenters.